The lowest BCUT2D eigenvalue weighted by Crippen LogP contribution is -2.12. The molecule has 0 atom stereocenters. The first-order chi connectivity index (χ1) is 14.0. The van der Waals surface area contributed by atoms with E-state index in [-0.39, 0.29) is 10.9 Å². The number of aromatic nitrogens is 1. The highest BCUT2D eigenvalue weighted by atomic mass is 35.5. The predicted molar refractivity (Wildman–Crippen MR) is 122 cm³/mol. The van der Waals surface area contributed by atoms with Gasteiger partial charge in [0.1, 0.15) is 0 Å². The summed E-state index contributed by atoms with van der Waals surface area (Å²) in [5.74, 6) is -0.345. The molecule has 3 nitrogen and oxygen atoms in total. The number of halogens is 3. The van der Waals surface area contributed by atoms with E-state index < -0.39 is 0 Å². The Bertz CT molecular complexity index is 1170. The maximum absolute atomic E-state index is 12.7. The molecule has 1 aromatic heterocycles. The van der Waals surface area contributed by atoms with Crippen molar-refractivity contribution in [1.29, 1.82) is 0 Å². The third-order valence-electron chi connectivity index (χ3n) is 4.18. The van der Waals surface area contributed by atoms with Crippen molar-refractivity contribution in [2.75, 3.05) is 5.32 Å². The summed E-state index contributed by atoms with van der Waals surface area (Å²) in [7, 11) is 0. The van der Waals surface area contributed by atoms with Gasteiger partial charge in [0.2, 0.25) is 0 Å². The second kappa shape index (κ2) is 8.56. The average Bonchev–Trinajstić information content (AvgIpc) is 3.13. The van der Waals surface area contributed by atoms with E-state index in [9.17, 15) is 4.79 Å². The molecule has 3 aromatic carbocycles. The Balaban J connectivity index is 1.73. The maximum Gasteiger partial charge on any atom is 0.258 e. The first-order valence-electron chi connectivity index (χ1n) is 8.60. The standard InChI is InChI=1S/C22H13Cl3N2OS/c23-15-8-6-14(7-9-15)20-19(13-4-2-1-3-5-13)26-22(29-20)27-21(28)17-11-10-16(24)12-18(17)25/h1-12H,(H,26,27,28). The lowest BCUT2D eigenvalue weighted by Gasteiger charge is -2.04. The van der Waals surface area contributed by atoms with Gasteiger partial charge < -0.3 is 0 Å². The highest BCUT2D eigenvalue weighted by Crippen LogP contribution is 2.39. The second-order valence-corrected chi connectivity index (χ2v) is 8.43. The van der Waals surface area contributed by atoms with E-state index in [1.807, 2.05) is 54.6 Å². The molecule has 0 fully saturated rings. The highest BCUT2D eigenvalue weighted by Gasteiger charge is 2.18. The van der Waals surface area contributed by atoms with Crippen molar-refractivity contribution in [2.24, 2.45) is 0 Å². The molecule has 1 amide bonds. The lowest BCUT2D eigenvalue weighted by molar-refractivity contribution is 0.102. The number of nitrogens with one attached hydrogen (secondary N) is 1. The number of amides is 1. The number of carbonyl (C=O) groups excluding carboxylic acids is 1. The summed E-state index contributed by atoms with van der Waals surface area (Å²) in [5.41, 5.74) is 3.05. The van der Waals surface area contributed by atoms with E-state index in [0.29, 0.717) is 20.7 Å². The number of benzene rings is 3. The number of anilines is 1. The van der Waals surface area contributed by atoms with Gasteiger partial charge >= 0.3 is 0 Å². The maximum atomic E-state index is 12.7. The van der Waals surface area contributed by atoms with Crippen LogP contribution in [-0.4, -0.2) is 10.9 Å². The van der Waals surface area contributed by atoms with Gasteiger partial charge in [0.25, 0.3) is 5.91 Å². The monoisotopic (exact) mass is 458 g/mol. The quantitative estimate of drug-likeness (QED) is 0.340. The molecular formula is C22H13Cl3N2OS. The van der Waals surface area contributed by atoms with Crippen LogP contribution in [0, 0.1) is 0 Å². The van der Waals surface area contributed by atoms with Gasteiger partial charge in [0, 0.05) is 15.6 Å². The van der Waals surface area contributed by atoms with Crippen molar-refractivity contribution in [3.05, 3.63) is 93.4 Å². The average molecular weight is 460 g/mol. The molecular weight excluding hydrogens is 447 g/mol. The number of hydrogen-bond acceptors (Lipinski definition) is 3. The molecule has 0 saturated heterocycles. The zero-order chi connectivity index (χ0) is 20.4. The topological polar surface area (TPSA) is 42.0 Å². The number of hydrogen-bond donors (Lipinski definition) is 1. The van der Waals surface area contributed by atoms with E-state index in [1.165, 1.54) is 17.4 Å². The molecule has 0 unspecified atom stereocenters. The van der Waals surface area contributed by atoms with Gasteiger partial charge in [-0.3, -0.25) is 10.1 Å². The molecule has 0 bridgehead atoms. The molecule has 0 aliphatic rings. The largest absolute Gasteiger partial charge is 0.298 e. The number of rotatable bonds is 4. The van der Waals surface area contributed by atoms with Gasteiger partial charge in [0.05, 0.1) is 21.2 Å². The molecule has 7 heteroatoms. The summed E-state index contributed by atoms with van der Waals surface area (Å²) >= 11 is 19.5. The molecule has 0 aliphatic carbocycles. The van der Waals surface area contributed by atoms with Crippen molar-refractivity contribution >= 4 is 57.2 Å². The summed E-state index contributed by atoms with van der Waals surface area (Å²) in [6.45, 7) is 0. The summed E-state index contributed by atoms with van der Waals surface area (Å²) in [4.78, 5) is 18.3. The number of carbonyl (C=O) groups is 1. The van der Waals surface area contributed by atoms with Crippen LogP contribution >= 0.6 is 46.1 Å². The van der Waals surface area contributed by atoms with Crippen LogP contribution in [0.5, 0.6) is 0 Å². The van der Waals surface area contributed by atoms with Crippen molar-refractivity contribution < 1.29 is 4.79 Å². The first kappa shape index (κ1) is 19.9. The van der Waals surface area contributed by atoms with Crippen LogP contribution in [-0.2, 0) is 0 Å². The fourth-order valence-corrected chi connectivity index (χ4v) is 4.41. The van der Waals surface area contributed by atoms with Crippen molar-refractivity contribution in [2.45, 2.75) is 0 Å². The molecule has 0 spiro atoms. The Labute approximate surface area is 186 Å². The SMILES string of the molecule is O=C(Nc1nc(-c2ccccc2)c(-c2ccc(Cl)cc2)s1)c1ccc(Cl)cc1Cl. The predicted octanol–water partition coefficient (Wildman–Crippen LogP) is 7.69. The van der Waals surface area contributed by atoms with E-state index in [2.05, 4.69) is 10.3 Å². The van der Waals surface area contributed by atoms with Gasteiger partial charge in [0.15, 0.2) is 5.13 Å². The van der Waals surface area contributed by atoms with E-state index in [1.54, 1.807) is 12.1 Å². The molecule has 4 rings (SSSR count). The van der Waals surface area contributed by atoms with Gasteiger partial charge in [-0.05, 0) is 35.9 Å². The molecule has 4 aromatic rings. The Kier molecular flexibility index (Phi) is 5.88. The molecule has 144 valence electrons. The number of thiazole rings is 1. The van der Waals surface area contributed by atoms with E-state index in [4.69, 9.17) is 34.8 Å². The zero-order valence-corrected chi connectivity index (χ0v) is 17.9. The molecule has 0 saturated carbocycles. The van der Waals surface area contributed by atoms with Crippen LogP contribution in [0.15, 0.2) is 72.8 Å². The van der Waals surface area contributed by atoms with Crippen LogP contribution in [0.25, 0.3) is 21.7 Å². The zero-order valence-electron chi connectivity index (χ0n) is 14.8. The fourth-order valence-electron chi connectivity index (χ4n) is 2.80. The fraction of sp³-hybridized carbons (Fsp3) is 0. The van der Waals surface area contributed by atoms with Crippen molar-refractivity contribution in [1.82, 2.24) is 4.98 Å². The third-order valence-corrected chi connectivity index (χ3v) is 6.00. The van der Waals surface area contributed by atoms with E-state index >= 15 is 0 Å². The Morgan fingerprint density at radius 3 is 2.21 bits per heavy atom. The lowest BCUT2D eigenvalue weighted by atomic mass is 10.1. The smallest absolute Gasteiger partial charge is 0.258 e. The minimum atomic E-state index is -0.345. The van der Waals surface area contributed by atoms with Gasteiger partial charge in [-0.2, -0.15) is 0 Å². The highest BCUT2D eigenvalue weighted by molar-refractivity contribution is 7.19. The molecule has 1 N–H and O–H groups in total. The molecule has 0 radical (unpaired) electrons. The summed E-state index contributed by atoms with van der Waals surface area (Å²) in [5, 5.41) is 4.73. The molecule has 1 heterocycles. The van der Waals surface area contributed by atoms with Crippen LogP contribution in [0.1, 0.15) is 10.4 Å². The number of nitrogens with zero attached hydrogens (tertiary/aromatic N) is 1. The van der Waals surface area contributed by atoms with Gasteiger partial charge in [-0.25, -0.2) is 4.98 Å². The van der Waals surface area contributed by atoms with Crippen LogP contribution in [0.2, 0.25) is 15.1 Å². The van der Waals surface area contributed by atoms with Crippen LogP contribution in [0.4, 0.5) is 5.13 Å². The van der Waals surface area contributed by atoms with Gasteiger partial charge in [-0.1, -0.05) is 88.6 Å². The van der Waals surface area contributed by atoms with Crippen LogP contribution < -0.4 is 5.32 Å². The van der Waals surface area contributed by atoms with Crippen LogP contribution in [0.3, 0.4) is 0 Å². The second-order valence-electron chi connectivity index (χ2n) is 6.15. The van der Waals surface area contributed by atoms with Crippen molar-refractivity contribution in [3.63, 3.8) is 0 Å². The summed E-state index contributed by atoms with van der Waals surface area (Å²) in [6, 6.07) is 22.1. The first-order valence-corrected chi connectivity index (χ1v) is 10.5. The van der Waals surface area contributed by atoms with Crippen molar-refractivity contribution in [3.8, 4) is 21.7 Å². The molecule has 29 heavy (non-hydrogen) atoms. The third kappa shape index (κ3) is 4.46. The summed E-state index contributed by atoms with van der Waals surface area (Å²) in [6.07, 6.45) is 0. The Morgan fingerprint density at radius 1 is 0.828 bits per heavy atom. The van der Waals surface area contributed by atoms with E-state index in [0.717, 1.165) is 21.7 Å². The summed E-state index contributed by atoms with van der Waals surface area (Å²) < 4.78 is 0. The minimum absolute atomic E-state index is 0.285. The van der Waals surface area contributed by atoms with Gasteiger partial charge in [-0.15, -0.1) is 0 Å². The normalized spacial score (nSPS) is 10.7. The Morgan fingerprint density at radius 2 is 1.52 bits per heavy atom. The molecule has 0 aliphatic heterocycles. The Hall–Kier alpha value is -2.37. The minimum Gasteiger partial charge on any atom is -0.298 e.